The molecule has 1 aromatic rings. The van der Waals surface area contributed by atoms with Crippen LogP contribution in [0.1, 0.15) is 30.0 Å². The molecule has 1 aliphatic heterocycles. The number of hydrogen-bond donors (Lipinski definition) is 2. The molecule has 2 aliphatic rings. The predicted octanol–water partition coefficient (Wildman–Crippen LogP) is 0.944. The molecule has 4 N–H and O–H groups in total. The van der Waals surface area contributed by atoms with Gasteiger partial charge in [0.15, 0.2) is 0 Å². The molecule has 4 heteroatoms. The lowest BCUT2D eigenvalue weighted by Gasteiger charge is -2.22. The number of carbonyl (C=O) groups excluding carboxylic acids is 1. The Labute approximate surface area is 107 Å². The molecule has 1 saturated carbocycles. The van der Waals surface area contributed by atoms with Crippen LogP contribution in [0.15, 0.2) is 18.2 Å². The molecule has 0 bridgehead atoms. The Hall–Kier alpha value is -1.39. The Morgan fingerprint density at radius 3 is 2.78 bits per heavy atom. The average Bonchev–Trinajstić information content (AvgIpc) is 3.12. The molecule has 96 valence electrons. The van der Waals surface area contributed by atoms with Crippen LogP contribution in [0.4, 0.5) is 5.69 Å². The number of carbonyl (C=O) groups is 1. The van der Waals surface area contributed by atoms with E-state index in [0.29, 0.717) is 13.0 Å². The van der Waals surface area contributed by atoms with Gasteiger partial charge in [-0.3, -0.25) is 4.79 Å². The third-order valence-electron chi connectivity index (χ3n) is 4.50. The standard InChI is InChI=1S/C14H19N3O/c1-17-11-3-2-9(6-10(11)7-12(17)18)13(16)14(8-15)4-5-14/h2-3,6,13H,4-5,7-8,15-16H2,1H3. The van der Waals surface area contributed by atoms with E-state index in [0.717, 1.165) is 29.7 Å². The van der Waals surface area contributed by atoms with E-state index in [1.807, 2.05) is 19.2 Å². The fraction of sp³-hybridized carbons (Fsp3) is 0.500. The van der Waals surface area contributed by atoms with Crippen LogP contribution in [0.25, 0.3) is 0 Å². The number of nitrogens with zero attached hydrogens (tertiary/aromatic N) is 1. The highest BCUT2D eigenvalue weighted by Gasteiger charge is 2.47. The van der Waals surface area contributed by atoms with Gasteiger partial charge >= 0.3 is 0 Å². The molecule has 0 aromatic heterocycles. The summed E-state index contributed by atoms with van der Waals surface area (Å²) in [5, 5.41) is 0. The van der Waals surface area contributed by atoms with Crippen molar-refractivity contribution in [3.63, 3.8) is 0 Å². The summed E-state index contributed by atoms with van der Waals surface area (Å²) in [6.07, 6.45) is 2.71. The molecule has 0 spiro atoms. The smallest absolute Gasteiger partial charge is 0.231 e. The second-order valence-corrected chi connectivity index (χ2v) is 5.56. The number of rotatable bonds is 3. The summed E-state index contributed by atoms with van der Waals surface area (Å²) < 4.78 is 0. The molecular weight excluding hydrogens is 226 g/mol. The topological polar surface area (TPSA) is 72.3 Å². The molecule has 1 unspecified atom stereocenters. The van der Waals surface area contributed by atoms with E-state index >= 15 is 0 Å². The van der Waals surface area contributed by atoms with E-state index in [4.69, 9.17) is 11.5 Å². The number of benzene rings is 1. The zero-order valence-corrected chi connectivity index (χ0v) is 10.6. The van der Waals surface area contributed by atoms with Gasteiger partial charge in [-0.15, -0.1) is 0 Å². The minimum atomic E-state index is -0.00573. The lowest BCUT2D eigenvalue weighted by atomic mass is 9.89. The van der Waals surface area contributed by atoms with Crippen LogP contribution in [0.3, 0.4) is 0 Å². The van der Waals surface area contributed by atoms with E-state index in [1.165, 1.54) is 0 Å². The van der Waals surface area contributed by atoms with Gasteiger partial charge in [-0.25, -0.2) is 0 Å². The van der Waals surface area contributed by atoms with Crippen LogP contribution in [-0.4, -0.2) is 19.5 Å². The van der Waals surface area contributed by atoms with Crippen molar-refractivity contribution in [1.29, 1.82) is 0 Å². The SMILES string of the molecule is CN1C(=O)Cc2cc(C(N)C3(CN)CC3)ccc21. The van der Waals surface area contributed by atoms with Gasteiger partial charge in [0.2, 0.25) is 5.91 Å². The molecule has 1 heterocycles. The van der Waals surface area contributed by atoms with Crippen molar-refractivity contribution in [2.75, 3.05) is 18.5 Å². The van der Waals surface area contributed by atoms with E-state index in [-0.39, 0.29) is 17.4 Å². The molecule has 0 saturated heterocycles. The number of hydrogen-bond acceptors (Lipinski definition) is 3. The third kappa shape index (κ3) is 1.56. The second kappa shape index (κ2) is 3.80. The second-order valence-electron chi connectivity index (χ2n) is 5.56. The van der Waals surface area contributed by atoms with Gasteiger partial charge in [-0.05, 0) is 36.6 Å². The van der Waals surface area contributed by atoms with Gasteiger partial charge in [-0.2, -0.15) is 0 Å². The molecule has 0 radical (unpaired) electrons. The molecule has 1 fully saturated rings. The Balaban J connectivity index is 1.92. The summed E-state index contributed by atoms with van der Waals surface area (Å²) in [6, 6.07) is 6.11. The summed E-state index contributed by atoms with van der Waals surface area (Å²) in [4.78, 5) is 13.4. The van der Waals surface area contributed by atoms with Gasteiger partial charge < -0.3 is 16.4 Å². The van der Waals surface area contributed by atoms with Gasteiger partial charge in [-0.1, -0.05) is 12.1 Å². The molecule has 1 atom stereocenters. The summed E-state index contributed by atoms with van der Waals surface area (Å²) >= 11 is 0. The number of fused-ring (bicyclic) bond motifs is 1. The van der Waals surface area contributed by atoms with E-state index in [2.05, 4.69) is 6.07 Å². The van der Waals surface area contributed by atoms with E-state index in [1.54, 1.807) is 4.90 Å². The Morgan fingerprint density at radius 2 is 2.17 bits per heavy atom. The summed E-state index contributed by atoms with van der Waals surface area (Å²) in [6.45, 7) is 0.643. The van der Waals surface area contributed by atoms with Crippen molar-refractivity contribution in [3.8, 4) is 0 Å². The minimum absolute atomic E-state index is 0.00573. The molecule has 1 aliphatic carbocycles. The van der Waals surface area contributed by atoms with Crippen molar-refractivity contribution >= 4 is 11.6 Å². The fourth-order valence-electron chi connectivity index (χ4n) is 2.84. The van der Waals surface area contributed by atoms with Gasteiger partial charge in [0.05, 0.1) is 6.42 Å². The van der Waals surface area contributed by atoms with Crippen LogP contribution in [0.2, 0.25) is 0 Å². The van der Waals surface area contributed by atoms with Crippen molar-refractivity contribution in [3.05, 3.63) is 29.3 Å². The van der Waals surface area contributed by atoms with Gasteiger partial charge in [0, 0.05) is 24.2 Å². The van der Waals surface area contributed by atoms with Crippen molar-refractivity contribution in [2.24, 2.45) is 16.9 Å². The Morgan fingerprint density at radius 1 is 1.44 bits per heavy atom. The zero-order chi connectivity index (χ0) is 12.9. The molecule has 1 aromatic carbocycles. The van der Waals surface area contributed by atoms with Crippen molar-refractivity contribution < 1.29 is 4.79 Å². The number of amides is 1. The van der Waals surface area contributed by atoms with Gasteiger partial charge in [0.25, 0.3) is 0 Å². The number of likely N-dealkylation sites (N-methyl/N-ethyl adjacent to an activating group) is 1. The van der Waals surface area contributed by atoms with Crippen LogP contribution >= 0.6 is 0 Å². The maximum Gasteiger partial charge on any atom is 0.231 e. The summed E-state index contributed by atoms with van der Waals surface area (Å²) in [7, 11) is 1.82. The molecule has 18 heavy (non-hydrogen) atoms. The lowest BCUT2D eigenvalue weighted by Crippen LogP contribution is -2.29. The highest BCUT2D eigenvalue weighted by molar-refractivity contribution is 6.00. The number of anilines is 1. The first kappa shape index (κ1) is 11.7. The monoisotopic (exact) mass is 245 g/mol. The first-order valence-corrected chi connectivity index (χ1v) is 6.42. The minimum Gasteiger partial charge on any atom is -0.330 e. The Bertz CT molecular complexity index is 508. The van der Waals surface area contributed by atoms with Crippen molar-refractivity contribution in [2.45, 2.75) is 25.3 Å². The average molecular weight is 245 g/mol. The van der Waals surface area contributed by atoms with Crippen molar-refractivity contribution in [1.82, 2.24) is 0 Å². The van der Waals surface area contributed by atoms with E-state index in [9.17, 15) is 4.79 Å². The maximum atomic E-state index is 11.7. The summed E-state index contributed by atoms with van der Waals surface area (Å²) in [5.41, 5.74) is 15.5. The van der Waals surface area contributed by atoms with Crippen LogP contribution in [0.5, 0.6) is 0 Å². The molecule has 1 amide bonds. The van der Waals surface area contributed by atoms with E-state index < -0.39 is 0 Å². The zero-order valence-electron chi connectivity index (χ0n) is 10.6. The highest BCUT2D eigenvalue weighted by Crippen LogP contribution is 2.53. The van der Waals surface area contributed by atoms with Crippen LogP contribution < -0.4 is 16.4 Å². The molecule has 4 nitrogen and oxygen atoms in total. The third-order valence-corrected chi connectivity index (χ3v) is 4.50. The normalized spacial score (nSPS) is 21.9. The molecule has 3 rings (SSSR count). The quantitative estimate of drug-likeness (QED) is 0.832. The largest absolute Gasteiger partial charge is 0.330 e. The Kier molecular flexibility index (Phi) is 2.47. The van der Waals surface area contributed by atoms with Gasteiger partial charge in [0.1, 0.15) is 0 Å². The first-order valence-electron chi connectivity index (χ1n) is 6.42. The summed E-state index contributed by atoms with van der Waals surface area (Å²) in [5.74, 6) is 0.149. The first-order chi connectivity index (χ1) is 8.57. The highest BCUT2D eigenvalue weighted by atomic mass is 16.2. The maximum absolute atomic E-state index is 11.7. The predicted molar refractivity (Wildman–Crippen MR) is 71.2 cm³/mol. The fourth-order valence-corrected chi connectivity index (χ4v) is 2.84. The number of nitrogens with two attached hydrogens (primary N) is 2. The lowest BCUT2D eigenvalue weighted by molar-refractivity contribution is -0.117. The van der Waals surface area contributed by atoms with Crippen LogP contribution in [-0.2, 0) is 11.2 Å². The molecular formula is C14H19N3O. The van der Waals surface area contributed by atoms with Crippen LogP contribution in [0, 0.1) is 5.41 Å².